The van der Waals surface area contributed by atoms with E-state index in [0.29, 0.717) is 11.6 Å². The monoisotopic (exact) mass is 276 g/mol. The summed E-state index contributed by atoms with van der Waals surface area (Å²) in [6.07, 6.45) is 2.83. The Kier molecular flexibility index (Phi) is 8.37. The topological polar surface area (TPSA) is 35.8 Å². The van der Waals surface area contributed by atoms with Crippen LogP contribution in [0.4, 0.5) is 5.69 Å². The molecule has 1 N–H and O–H groups in total. The van der Waals surface area contributed by atoms with Crippen molar-refractivity contribution >= 4 is 12.4 Å². The van der Waals surface area contributed by atoms with E-state index in [1.807, 2.05) is 39.1 Å². The Hall–Kier alpha value is -1.77. The number of anilines is 1. The average Bonchev–Trinajstić information content (AvgIpc) is 2.46. The van der Waals surface area contributed by atoms with Crippen LogP contribution in [0.1, 0.15) is 59.4 Å². The highest BCUT2D eigenvalue weighted by Gasteiger charge is 2.10. The van der Waals surface area contributed by atoms with Crippen molar-refractivity contribution in [1.82, 2.24) is 0 Å². The molecule has 1 rings (SSSR count). The first-order valence-corrected chi connectivity index (χ1v) is 7.25. The van der Waals surface area contributed by atoms with Gasteiger partial charge in [-0.05, 0) is 37.0 Å². The SMILES string of the molecule is C=NN(/C=C(/C)CC)c1ccc(C(C)C)cc1O.CC. The quantitative estimate of drug-likeness (QED) is 0.587. The number of allylic oxidation sites excluding steroid dienone is 1. The van der Waals surface area contributed by atoms with E-state index < -0.39 is 0 Å². The zero-order chi connectivity index (χ0) is 15.7. The molecule has 0 aliphatic heterocycles. The molecule has 1 aromatic carbocycles. The van der Waals surface area contributed by atoms with Crippen molar-refractivity contribution in [3.63, 3.8) is 0 Å². The number of benzene rings is 1. The summed E-state index contributed by atoms with van der Waals surface area (Å²) >= 11 is 0. The summed E-state index contributed by atoms with van der Waals surface area (Å²) < 4.78 is 0. The van der Waals surface area contributed by atoms with Crippen LogP contribution < -0.4 is 5.01 Å². The largest absolute Gasteiger partial charge is 0.506 e. The Morgan fingerprint density at radius 1 is 1.40 bits per heavy atom. The Morgan fingerprint density at radius 2 is 2.00 bits per heavy atom. The van der Waals surface area contributed by atoms with Crippen molar-refractivity contribution in [2.75, 3.05) is 5.01 Å². The third-order valence-corrected chi connectivity index (χ3v) is 2.97. The van der Waals surface area contributed by atoms with Gasteiger partial charge in [0.15, 0.2) is 0 Å². The number of hydrazone groups is 1. The van der Waals surface area contributed by atoms with Gasteiger partial charge in [-0.1, -0.05) is 46.3 Å². The summed E-state index contributed by atoms with van der Waals surface area (Å²) in [5, 5.41) is 15.6. The van der Waals surface area contributed by atoms with E-state index in [1.54, 1.807) is 11.1 Å². The van der Waals surface area contributed by atoms with E-state index in [-0.39, 0.29) is 5.75 Å². The van der Waals surface area contributed by atoms with Gasteiger partial charge in [-0.3, -0.25) is 0 Å². The second kappa shape index (κ2) is 9.18. The minimum atomic E-state index is 0.230. The highest BCUT2D eigenvalue weighted by atomic mass is 16.3. The molecule has 0 atom stereocenters. The number of hydrogen-bond donors (Lipinski definition) is 1. The van der Waals surface area contributed by atoms with Crippen LogP contribution in [0, 0.1) is 0 Å². The maximum absolute atomic E-state index is 10.1. The average molecular weight is 276 g/mol. The van der Waals surface area contributed by atoms with E-state index in [0.717, 1.165) is 12.0 Å². The normalized spacial score (nSPS) is 10.8. The standard InChI is InChI=1S/C15H22N2O.C2H6/c1-6-12(4)10-17(16-5)14-8-7-13(11(2)3)9-15(14)18;1-2/h7-11,18H,5-6H2,1-4H3;1-2H3/b12-10-;. The van der Waals surface area contributed by atoms with E-state index in [4.69, 9.17) is 0 Å². The Morgan fingerprint density at radius 3 is 2.40 bits per heavy atom. The van der Waals surface area contributed by atoms with Crippen LogP contribution in [0.5, 0.6) is 5.75 Å². The predicted octanol–water partition coefficient (Wildman–Crippen LogP) is 5.28. The minimum absolute atomic E-state index is 0.230. The molecule has 0 aromatic heterocycles. The molecule has 0 bridgehead atoms. The third-order valence-electron chi connectivity index (χ3n) is 2.97. The lowest BCUT2D eigenvalue weighted by molar-refractivity contribution is 0.474. The molecule has 20 heavy (non-hydrogen) atoms. The number of phenolic OH excluding ortho intramolecular Hbond substituents is 1. The van der Waals surface area contributed by atoms with Crippen LogP contribution in [-0.2, 0) is 0 Å². The minimum Gasteiger partial charge on any atom is -0.506 e. The molecule has 0 aliphatic rings. The third kappa shape index (κ3) is 5.08. The molecule has 0 unspecified atom stereocenters. The van der Waals surface area contributed by atoms with Gasteiger partial charge in [-0.15, -0.1) is 0 Å². The summed E-state index contributed by atoms with van der Waals surface area (Å²) in [4.78, 5) is 0. The molecule has 112 valence electrons. The van der Waals surface area contributed by atoms with Crippen molar-refractivity contribution in [1.29, 1.82) is 0 Å². The van der Waals surface area contributed by atoms with Crippen molar-refractivity contribution in [2.24, 2.45) is 5.10 Å². The number of hydrogen-bond acceptors (Lipinski definition) is 3. The molecule has 3 heteroatoms. The molecule has 0 saturated heterocycles. The summed E-state index contributed by atoms with van der Waals surface area (Å²) in [5.74, 6) is 0.622. The molecule has 0 saturated carbocycles. The van der Waals surface area contributed by atoms with Crippen molar-refractivity contribution in [3.8, 4) is 5.75 Å². The van der Waals surface area contributed by atoms with E-state index in [9.17, 15) is 5.11 Å². The van der Waals surface area contributed by atoms with Crippen LogP contribution in [0.3, 0.4) is 0 Å². The lowest BCUT2D eigenvalue weighted by Gasteiger charge is -2.17. The van der Waals surface area contributed by atoms with E-state index in [1.165, 1.54) is 5.57 Å². The van der Waals surface area contributed by atoms with Crippen LogP contribution in [0.15, 0.2) is 35.1 Å². The Bertz CT molecular complexity index is 450. The lowest BCUT2D eigenvalue weighted by atomic mass is 10.0. The molecular weight excluding hydrogens is 248 g/mol. The molecule has 0 heterocycles. The first-order valence-electron chi connectivity index (χ1n) is 7.25. The summed E-state index contributed by atoms with van der Waals surface area (Å²) in [5.41, 5.74) is 2.94. The van der Waals surface area contributed by atoms with E-state index in [2.05, 4.69) is 32.6 Å². The van der Waals surface area contributed by atoms with Gasteiger partial charge in [0.25, 0.3) is 0 Å². The molecule has 0 spiro atoms. The fourth-order valence-electron chi connectivity index (χ4n) is 1.58. The first kappa shape index (κ1) is 18.2. The maximum atomic E-state index is 10.1. The molecule has 1 aromatic rings. The molecular formula is C17H28N2O. The Balaban J connectivity index is 0.00000172. The zero-order valence-corrected chi connectivity index (χ0v) is 13.6. The summed E-state index contributed by atoms with van der Waals surface area (Å²) in [6.45, 7) is 15.8. The van der Waals surface area contributed by atoms with Gasteiger partial charge in [0.2, 0.25) is 0 Å². The summed E-state index contributed by atoms with van der Waals surface area (Å²) in [6, 6.07) is 5.67. The smallest absolute Gasteiger partial charge is 0.141 e. The molecule has 0 fully saturated rings. The van der Waals surface area contributed by atoms with Crippen molar-refractivity contribution < 1.29 is 5.11 Å². The van der Waals surface area contributed by atoms with Gasteiger partial charge in [0.1, 0.15) is 11.4 Å². The second-order valence-corrected chi connectivity index (χ2v) is 4.72. The summed E-state index contributed by atoms with van der Waals surface area (Å²) in [7, 11) is 0. The van der Waals surface area contributed by atoms with E-state index >= 15 is 0 Å². The fourth-order valence-corrected chi connectivity index (χ4v) is 1.58. The number of phenols is 1. The van der Waals surface area contributed by atoms with Gasteiger partial charge >= 0.3 is 0 Å². The van der Waals surface area contributed by atoms with Crippen molar-refractivity contribution in [2.45, 2.75) is 53.9 Å². The zero-order valence-electron chi connectivity index (χ0n) is 13.6. The van der Waals surface area contributed by atoms with Gasteiger partial charge < -0.3 is 5.11 Å². The molecule has 3 nitrogen and oxygen atoms in total. The van der Waals surface area contributed by atoms with Crippen LogP contribution in [-0.4, -0.2) is 11.8 Å². The van der Waals surface area contributed by atoms with Gasteiger partial charge in [0.05, 0.1) is 0 Å². The number of rotatable bonds is 5. The molecule has 0 amide bonds. The highest BCUT2D eigenvalue weighted by molar-refractivity contribution is 5.61. The van der Waals surface area contributed by atoms with Gasteiger partial charge in [0, 0.05) is 12.9 Å². The molecule has 0 aliphatic carbocycles. The van der Waals surface area contributed by atoms with Crippen LogP contribution in [0.2, 0.25) is 0 Å². The first-order chi connectivity index (χ1) is 9.49. The fraction of sp³-hybridized carbons (Fsp3) is 0.471. The van der Waals surface area contributed by atoms with Crippen LogP contribution in [0.25, 0.3) is 0 Å². The highest BCUT2D eigenvalue weighted by Crippen LogP contribution is 2.31. The van der Waals surface area contributed by atoms with Gasteiger partial charge in [-0.25, -0.2) is 5.01 Å². The molecule has 0 radical (unpaired) electrons. The van der Waals surface area contributed by atoms with Crippen LogP contribution >= 0.6 is 0 Å². The number of aromatic hydroxyl groups is 1. The predicted molar refractivity (Wildman–Crippen MR) is 89.6 cm³/mol. The lowest BCUT2D eigenvalue weighted by Crippen LogP contribution is -2.08. The Labute approximate surface area is 123 Å². The second-order valence-electron chi connectivity index (χ2n) is 4.72. The maximum Gasteiger partial charge on any atom is 0.141 e. The van der Waals surface area contributed by atoms with Gasteiger partial charge in [-0.2, -0.15) is 5.10 Å². The number of nitrogens with zero attached hydrogens (tertiary/aromatic N) is 2. The van der Waals surface area contributed by atoms with Crippen molar-refractivity contribution in [3.05, 3.63) is 35.5 Å².